The topological polar surface area (TPSA) is 74.5 Å². The number of methoxy groups -OCH3 is 2. The molecular weight excluding hydrogens is 280 g/mol. The number of benzene rings is 1. The van der Waals surface area contributed by atoms with Gasteiger partial charge in [-0.05, 0) is 18.2 Å². The number of hydrogen-bond acceptors (Lipinski definition) is 7. The van der Waals surface area contributed by atoms with E-state index in [0.717, 1.165) is 11.3 Å². The average Bonchev–Trinajstić information content (AvgIpc) is 2.96. The third-order valence-corrected chi connectivity index (χ3v) is 3.30. The highest BCUT2D eigenvalue weighted by atomic mass is 32.2. The summed E-state index contributed by atoms with van der Waals surface area (Å²) in [7, 11) is 2.96. The molecule has 1 aromatic heterocycles. The summed E-state index contributed by atoms with van der Waals surface area (Å²) in [6.45, 7) is 0. The van der Waals surface area contributed by atoms with E-state index in [1.165, 1.54) is 18.9 Å². The van der Waals surface area contributed by atoms with Gasteiger partial charge in [-0.15, -0.1) is 10.2 Å². The Kier molecular flexibility index (Phi) is 5.00. The van der Waals surface area contributed by atoms with E-state index in [4.69, 9.17) is 9.15 Å². The van der Waals surface area contributed by atoms with Crippen molar-refractivity contribution in [3.05, 3.63) is 24.3 Å². The Balaban J connectivity index is 1.99. The number of nitrogens with zero attached hydrogens (tertiary/aromatic N) is 2. The normalized spacial score (nSPS) is 10.3. The lowest BCUT2D eigenvalue weighted by atomic mass is 10.2. The first kappa shape index (κ1) is 14.4. The van der Waals surface area contributed by atoms with E-state index in [2.05, 4.69) is 14.9 Å². The van der Waals surface area contributed by atoms with Gasteiger partial charge in [-0.1, -0.05) is 17.8 Å². The van der Waals surface area contributed by atoms with Gasteiger partial charge < -0.3 is 13.9 Å². The first-order valence-corrected chi connectivity index (χ1v) is 6.89. The molecular formula is C13H14N2O4S. The van der Waals surface area contributed by atoms with E-state index < -0.39 is 0 Å². The second kappa shape index (κ2) is 6.95. The minimum atomic E-state index is -0.259. The van der Waals surface area contributed by atoms with Crippen LogP contribution >= 0.6 is 11.8 Å². The van der Waals surface area contributed by atoms with E-state index >= 15 is 0 Å². The number of esters is 1. The zero-order valence-corrected chi connectivity index (χ0v) is 12.0. The molecule has 0 saturated heterocycles. The summed E-state index contributed by atoms with van der Waals surface area (Å²) in [5.74, 6) is 1.42. The number of carbonyl (C=O) groups excluding carboxylic acids is 1. The maximum atomic E-state index is 11.0. The third kappa shape index (κ3) is 3.74. The number of carbonyl (C=O) groups is 1. The van der Waals surface area contributed by atoms with Crippen LogP contribution in [0.15, 0.2) is 33.9 Å². The fourth-order valence-electron chi connectivity index (χ4n) is 1.46. The van der Waals surface area contributed by atoms with Gasteiger partial charge in [0.15, 0.2) is 0 Å². The molecule has 0 radical (unpaired) electrons. The Hall–Kier alpha value is -2.02. The summed E-state index contributed by atoms with van der Waals surface area (Å²) in [6, 6.07) is 7.36. The number of aromatic nitrogens is 2. The molecule has 2 rings (SSSR count). The monoisotopic (exact) mass is 294 g/mol. The van der Waals surface area contributed by atoms with E-state index in [1.807, 2.05) is 24.3 Å². The van der Waals surface area contributed by atoms with E-state index in [-0.39, 0.29) is 5.97 Å². The summed E-state index contributed by atoms with van der Waals surface area (Å²) < 4.78 is 15.2. The Labute approximate surface area is 120 Å². The van der Waals surface area contributed by atoms with Crippen LogP contribution < -0.4 is 4.74 Å². The fraction of sp³-hybridized carbons (Fsp3) is 0.308. The van der Waals surface area contributed by atoms with Crippen molar-refractivity contribution in [2.75, 3.05) is 20.0 Å². The number of hydrogen-bond donors (Lipinski definition) is 0. The van der Waals surface area contributed by atoms with Crippen LogP contribution in [-0.4, -0.2) is 36.1 Å². The second-order valence-electron chi connectivity index (χ2n) is 3.78. The van der Waals surface area contributed by atoms with Gasteiger partial charge in [0.05, 0.1) is 20.6 Å². The third-order valence-electron chi connectivity index (χ3n) is 2.48. The van der Waals surface area contributed by atoms with Crippen LogP contribution in [0.1, 0.15) is 6.42 Å². The quantitative estimate of drug-likeness (QED) is 0.598. The lowest BCUT2D eigenvalue weighted by Gasteiger charge is -2.00. The SMILES string of the molecule is COC(=O)CCSc1nnc(-c2cccc(OC)c2)o1. The average molecular weight is 294 g/mol. The minimum absolute atomic E-state index is 0.259. The van der Waals surface area contributed by atoms with Gasteiger partial charge >= 0.3 is 5.97 Å². The van der Waals surface area contributed by atoms with Crippen molar-refractivity contribution in [1.82, 2.24) is 10.2 Å². The molecule has 1 heterocycles. The number of rotatable bonds is 6. The van der Waals surface area contributed by atoms with Crippen LogP contribution in [0.2, 0.25) is 0 Å². The Bertz CT molecular complexity index is 585. The molecule has 106 valence electrons. The lowest BCUT2D eigenvalue weighted by molar-refractivity contribution is -0.140. The van der Waals surface area contributed by atoms with Crippen molar-refractivity contribution >= 4 is 17.7 Å². The van der Waals surface area contributed by atoms with Crippen molar-refractivity contribution in [3.8, 4) is 17.2 Å². The minimum Gasteiger partial charge on any atom is -0.497 e. The van der Waals surface area contributed by atoms with Crippen LogP contribution in [0.4, 0.5) is 0 Å². The molecule has 20 heavy (non-hydrogen) atoms. The smallest absolute Gasteiger partial charge is 0.306 e. The second-order valence-corrected chi connectivity index (χ2v) is 4.83. The molecule has 0 bridgehead atoms. The molecule has 0 aliphatic carbocycles. The molecule has 1 aromatic carbocycles. The zero-order valence-electron chi connectivity index (χ0n) is 11.2. The van der Waals surface area contributed by atoms with E-state index in [9.17, 15) is 4.79 Å². The van der Waals surface area contributed by atoms with Crippen molar-refractivity contribution in [2.45, 2.75) is 11.6 Å². The molecule has 6 nitrogen and oxygen atoms in total. The first-order valence-electron chi connectivity index (χ1n) is 5.90. The highest BCUT2D eigenvalue weighted by Gasteiger charge is 2.10. The van der Waals surface area contributed by atoms with E-state index in [0.29, 0.717) is 23.3 Å². The molecule has 0 aliphatic rings. The maximum Gasteiger partial charge on any atom is 0.306 e. The summed E-state index contributed by atoms with van der Waals surface area (Å²) in [6.07, 6.45) is 0.304. The van der Waals surface area contributed by atoms with Gasteiger partial charge in [-0.2, -0.15) is 0 Å². The molecule has 0 amide bonds. The van der Waals surface area contributed by atoms with Gasteiger partial charge in [0.1, 0.15) is 5.75 Å². The van der Waals surface area contributed by atoms with Gasteiger partial charge in [0.2, 0.25) is 5.89 Å². The summed E-state index contributed by atoms with van der Waals surface area (Å²) in [5, 5.41) is 8.32. The largest absolute Gasteiger partial charge is 0.497 e. The highest BCUT2D eigenvalue weighted by Crippen LogP contribution is 2.26. The van der Waals surface area contributed by atoms with Crippen molar-refractivity contribution < 1.29 is 18.7 Å². The number of ether oxygens (including phenoxy) is 2. The summed E-state index contributed by atoms with van der Waals surface area (Å²) in [5.41, 5.74) is 0.789. The molecule has 0 atom stereocenters. The first-order chi connectivity index (χ1) is 9.72. The molecule has 0 saturated carbocycles. The Morgan fingerprint density at radius 3 is 2.95 bits per heavy atom. The molecule has 0 fully saturated rings. The van der Waals surface area contributed by atoms with Gasteiger partial charge in [-0.25, -0.2) is 0 Å². The molecule has 0 unspecified atom stereocenters. The van der Waals surface area contributed by atoms with Crippen molar-refractivity contribution in [2.24, 2.45) is 0 Å². The van der Waals surface area contributed by atoms with E-state index in [1.54, 1.807) is 7.11 Å². The van der Waals surface area contributed by atoms with Crippen LogP contribution in [0.5, 0.6) is 5.75 Å². The van der Waals surface area contributed by atoms with Gasteiger partial charge in [0, 0.05) is 11.3 Å². The van der Waals surface area contributed by atoms with Crippen LogP contribution in [0.3, 0.4) is 0 Å². The van der Waals surface area contributed by atoms with Crippen molar-refractivity contribution in [1.29, 1.82) is 0 Å². The Morgan fingerprint density at radius 1 is 1.35 bits per heavy atom. The highest BCUT2D eigenvalue weighted by molar-refractivity contribution is 7.99. The fourth-order valence-corrected chi connectivity index (χ4v) is 2.14. The lowest BCUT2D eigenvalue weighted by Crippen LogP contribution is -2.00. The summed E-state index contributed by atoms with van der Waals surface area (Å²) in [4.78, 5) is 11.0. The summed E-state index contributed by atoms with van der Waals surface area (Å²) >= 11 is 1.32. The molecule has 2 aromatic rings. The Morgan fingerprint density at radius 2 is 2.20 bits per heavy atom. The predicted octanol–water partition coefficient (Wildman–Crippen LogP) is 2.40. The maximum absolute atomic E-state index is 11.0. The van der Waals surface area contributed by atoms with Crippen molar-refractivity contribution in [3.63, 3.8) is 0 Å². The molecule has 0 spiro atoms. The van der Waals surface area contributed by atoms with Gasteiger partial charge in [0.25, 0.3) is 5.22 Å². The van der Waals surface area contributed by atoms with Crippen LogP contribution in [-0.2, 0) is 9.53 Å². The zero-order chi connectivity index (χ0) is 14.4. The standard InChI is InChI=1S/C13H14N2O4S/c1-17-10-5-3-4-9(8-10)12-14-15-13(19-12)20-7-6-11(16)18-2/h3-5,8H,6-7H2,1-2H3. The van der Waals surface area contributed by atoms with Crippen LogP contribution in [0.25, 0.3) is 11.5 Å². The molecule has 0 N–H and O–H groups in total. The molecule has 0 aliphatic heterocycles. The van der Waals surface area contributed by atoms with Gasteiger partial charge in [-0.3, -0.25) is 4.79 Å². The molecule has 7 heteroatoms. The predicted molar refractivity (Wildman–Crippen MR) is 73.6 cm³/mol. The number of thioether (sulfide) groups is 1. The van der Waals surface area contributed by atoms with Crippen LogP contribution in [0, 0.1) is 0 Å².